The summed E-state index contributed by atoms with van der Waals surface area (Å²) < 4.78 is 10.6. The van der Waals surface area contributed by atoms with Gasteiger partial charge in [0.15, 0.2) is 18.1 Å². The summed E-state index contributed by atoms with van der Waals surface area (Å²) in [6.07, 6.45) is 4.83. The molecule has 0 fully saturated rings. The van der Waals surface area contributed by atoms with Gasteiger partial charge in [0.25, 0.3) is 11.8 Å². The number of hydrogen-bond donors (Lipinski definition) is 2. The number of ether oxygens (including phenoxy) is 2. The Labute approximate surface area is 195 Å². The average molecular weight is 455 g/mol. The van der Waals surface area contributed by atoms with Crippen molar-refractivity contribution in [2.75, 3.05) is 13.7 Å². The first kappa shape index (κ1) is 22.4. The van der Waals surface area contributed by atoms with Gasteiger partial charge in [0.2, 0.25) is 0 Å². The molecule has 0 aliphatic heterocycles. The Morgan fingerprint density at radius 1 is 1.09 bits per heavy atom. The highest BCUT2D eigenvalue weighted by molar-refractivity contribution is 6.07. The monoisotopic (exact) mass is 455 g/mol. The Kier molecular flexibility index (Phi) is 6.73. The maximum atomic E-state index is 13.0. The molecule has 2 aromatic heterocycles. The summed E-state index contributed by atoms with van der Waals surface area (Å²) in [4.78, 5) is 32.8. The lowest BCUT2D eigenvalue weighted by atomic mass is 10.0. The summed E-state index contributed by atoms with van der Waals surface area (Å²) in [5.74, 6) is -0.228. The molecule has 0 saturated heterocycles. The first-order chi connectivity index (χ1) is 16.5. The van der Waals surface area contributed by atoms with Crippen molar-refractivity contribution in [2.45, 2.75) is 0 Å². The molecule has 9 nitrogen and oxygen atoms in total. The smallest absolute Gasteiger partial charge is 0.272 e. The normalized spacial score (nSPS) is 10.9. The molecule has 2 amide bonds. The van der Waals surface area contributed by atoms with Crippen LogP contribution in [0.2, 0.25) is 0 Å². The predicted octanol–water partition coefficient (Wildman–Crippen LogP) is 2.93. The molecule has 0 aliphatic carbocycles. The standard InChI is InChI=1S/C25H21N5O4/c1-33-22-9-8-16(11-23(22)34-15-24(26)31)13-28-30-25(32)19-12-21(17-5-4-10-27-14-17)29-20-7-3-2-6-18(19)20/h2-14H,15H2,1H3,(H2,26,31)(H,30,32)/b28-13+. The van der Waals surface area contributed by atoms with Crippen LogP contribution in [0, 0.1) is 0 Å². The van der Waals surface area contributed by atoms with Gasteiger partial charge in [-0.3, -0.25) is 14.6 Å². The number of fused-ring (bicyclic) bond motifs is 1. The van der Waals surface area contributed by atoms with Gasteiger partial charge in [0, 0.05) is 23.3 Å². The number of primary amides is 1. The number of pyridine rings is 2. The first-order valence-electron chi connectivity index (χ1n) is 10.3. The quantitative estimate of drug-likeness (QED) is 0.310. The molecule has 4 rings (SSSR count). The van der Waals surface area contributed by atoms with E-state index in [-0.39, 0.29) is 6.61 Å². The van der Waals surface area contributed by atoms with Crippen molar-refractivity contribution in [1.82, 2.24) is 15.4 Å². The number of rotatable bonds is 8. The van der Waals surface area contributed by atoms with Crippen LogP contribution in [-0.2, 0) is 4.79 Å². The van der Waals surface area contributed by atoms with Crippen LogP contribution in [0.15, 0.2) is 78.2 Å². The minimum Gasteiger partial charge on any atom is -0.493 e. The Hall–Kier alpha value is -4.79. The minimum absolute atomic E-state index is 0.290. The summed E-state index contributed by atoms with van der Waals surface area (Å²) in [5.41, 5.74) is 10.9. The summed E-state index contributed by atoms with van der Waals surface area (Å²) in [6, 6.07) is 17.8. The largest absolute Gasteiger partial charge is 0.493 e. The summed E-state index contributed by atoms with van der Waals surface area (Å²) >= 11 is 0. The molecular formula is C25H21N5O4. The summed E-state index contributed by atoms with van der Waals surface area (Å²) in [7, 11) is 1.49. The number of para-hydroxylation sites is 1. The van der Waals surface area contributed by atoms with Crippen LogP contribution >= 0.6 is 0 Å². The molecular weight excluding hydrogens is 434 g/mol. The topological polar surface area (TPSA) is 129 Å². The van der Waals surface area contributed by atoms with Gasteiger partial charge in [-0.25, -0.2) is 10.4 Å². The molecule has 0 saturated carbocycles. The van der Waals surface area contributed by atoms with Gasteiger partial charge in [-0.2, -0.15) is 5.10 Å². The van der Waals surface area contributed by atoms with E-state index in [0.29, 0.717) is 39.2 Å². The fourth-order valence-corrected chi connectivity index (χ4v) is 3.29. The van der Waals surface area contributed by atoms with Crippen molar-refractivity contribution in [3.05, 3.63) is 84.2 Å². The fourth-order valence-electron chi connectivity index (χ4n) is 3.29. The van der Waals surface area contributed by atoms with Gasteiger partial charge in [-0.1, -0.05) is 18.2 Å². The first-order valence-corrected chi connectivity index (χ1v) is 10.3. The Morgan fingerprint density at radius 2 is 1.94 bits per heavy atom. The van der Waals surface area contributed by atoms with Crippen molar-refractivity contribution >= 4 is 28.9 Å². The number of nitrogens with one attached hydrogen (secondary N) is 1. The summed E-state index contributed by atoms with van der Waals surface area (Å²) in [6.45, 7) is -0.290. The maximum absolute atomic E-state index is 13.0. The van der Waals surface area contributed by atoms with Gasteiger partial charge >= 0.3 is 0 Å². The van der Waals surface area contributed by atoms with E-state index >= 15 is 0 Å². The average Bonchev–Trinajstić information content (AvgIpc) is 2.87. The lowest BCUT2D eigenvalue weighted by Crippen LogP contribution is -2.20. The van der Waals surface area contributed by atoms with E-state index in [2.05, 4.69) is 20.5 Å². The molecule has 3 N–H and O–H groups in total. The number of nitrogens with two attached hydrogens (primary N) is 1. The zero-order valence-electron chi connectivity index (χ0n) is 18.3. The number of amides is 2. The molecule has 0 aliphatic rings. The van der Waals surface area contributed by atoms with E-state index in [0.717, 1.165) is 5.56 Å². The van der Waals surface area contributed by atoms with E-state index in [1.807, 2.05) is 36.4 Å². The molecule has 2 aromatic carbocycles. The number of aromatic nitrogens is 2. The molecule has 0 bridgehead atoms. The predicted molar refractivity (Wildman–Crippen MR) is 128 cm³/mol. The van der Waals surface area contributed by atoms with Gasteiger partial charge in [0.05, 0.1) is 30.1 Å². The van der Waals surface area contributed by atoms with Gasteiger partial charge in [0.1, 0.15) is 0 Å². The molecule has 0 radical (unpaired) electrons. The van der Waals surface area contributed by atoms with Crippen LogP contribution in [0.5, 0.6) is 11.5 Å². The van der Waals surface area contributed by atoms with Crippen molar-refractivity contribution < 1.29 is 19.1 Å². The summed E-state index contributed by atoms with van der Waals surface area (Å²) in [5, 5.41) is 4.78. The Morgan fingerprint density at radius 3 is 2.71 bits per heavy atom. The lowest BCUT2D eigenvalue weighted by molar-refractivity contribution is -0.119. The van der Waals surface area contributed by atoms with Crippen LogP contribution in [-0.4, -0.2) is 41.7 Å². The number of carbonyl (C=O) groups excluding carboxylic acids is 2. The van der Waals surface area contributed by atoms with Gasteiger partial charge < -0.3 is 15.2 Å². The number of nitrogens with zero attached hydrogens (tertiary/aromatic N) is 3. The van der Waals surface area contributed by atoms with Crippen molar-refractivity contribution in [2.24, 2.45) is 10.8 Å². The molecule has 0 spiro atoms. The van der Waals surface area contributed by atoms with E-state index in [9.17, 15) is 9.59 Å². The molecule has 170 valence electrons. The maximum Gasteiger partial charge on any atom is 0.272 e. The third kappa shape index (κ3) is 5.16. The molecule has 9 heteroatoms. The molecule has 34 heavy (non-hydrogen) atoms. The second kappa shape index (κ2) is 10.2. The second-order valence-corrected chi connectivity index (χ2v) is 7.18. The van der Waals surface area contributed by atoms with Crippen LogP contribution in [0.3, 0.4) is 0 Å². The molecule has 0 unspecified atom stereocenters. The third-order valence-corrected chi connectivity index (χ3v) is 4.86. The Balaban J connectivity index is 1.58. The molecule has 4 aromatic rings. The fraction of sp³-hybridized carbons (Fsp3) is 0.0800. The SMILES string of the molecule is COc1ccc(/C=N/NC(=O)c2cc(-c3cccnc3)nc3ccccc23)cc1OCC(N)=O. The number of hydrogen-bond acceptors (Lipinski definition) is 7. The minimum atomic E-state index is -0.608. The Bertz CT molecular complexity index is 1370. The highest BCUT2D eigenvalue weighted by Crippen LogP contribution is 2.27. The van der Waals surface area contributed by atoms with Crippen molar-refractivity contribution in [3.63, 3.8) is 0 Å². The zero-order chi connectivity index (χ0) is 23.9. The molecule has 0 atom stereocenters. The van der Waals surface area contributed by atoms with Crippen LogP contribution in [0.4, 0.5) is 0 Å². The number of carbonyl (C=O) groups is 2. The van der Waals surface area contributed by atoms with Crippen LogP contribution < -0.4 is 20.6 Å². The van der Waals surface area contributed by atoms with Crippen molar-refractivity contribution in [1.29, 1.82) is 0 Å². The van der Waals surface area contributed by atoms with E-state index in [1.54, 1.807) is 36.7 Å². The lowest BCUT2D eigenvalue weighted by Gasteiger charge is -2.10. The van der Waals surface area contributed by atoms with Gasteiger partial charge in [-0.05, 0) is 48.0 Å². The van der Waals surface area contributed by atoms with Gasteiger partial charge in [-0.15, -0.1) is 0 Å². The van der Waals surface area contributed by atoms with E-state index in [1.165, 1.54) is 13.3 Å². The van der Waals surface area contributed by atoms with Crippen LogP contribution in [0.1, 0.15) is 15.9 Å². The zero-order valence-corrected chi connectivity index (χ0v) is 18.3. The van der Waals surface area contributed by atoms with E-state index in [4.69, 9.17) is 15.2 Å². The van der Waals surface area contributed by atoms with E-state index < -0.39 is 11.8 Å². The number of benzene rings is 2. The number of methoxy groups -OCH3 is 1. The highest BCUT2D eigenvalue weighted by Gasteiger charge is 2.14. The second-order valence-electron chi connectivity index (χ2n) is 7.18. The number of hydrazone groups is 1. The third-order valence-electron chi connectivity index (χ3n) is 4.86. The highest BCUT2D eigenvalue weighted by atomic mass is 16.5. The molecule has 2 heterocycles. The van der Waals surface area contributed by atoms with Crippen molar-refractivity contribution in [3.8, 4) is 22.8 Å². The van der Waals surface area contributed by atoms with Crippen LogP contribution in [0.25, 0.3) is 22.2 Å².